The molecule has 3 nitrogen and oxygen atoms in total. The summed E-state index contributed by atoms with van der Waals surface area (Å²) in [5.74, 6) is 0. The SMILES string of the molecule is CCCCC(NCC)c1cncn1C. The second-order valence-electron chi connectivity index (χ2n) is 3.68. The van der Waals surface area contributed by atoms with Gasteiger partial charge in [-0.15, -0.1) is 0 Å². The molecule has 0 bridgehead atoms. The van der Waals surface area contributed by atoms with Crippen molar-refractivity contribution in [2.24, 2.45) is 7.05 Å². The maximum Gasteiger partial charge on any atom is 0.0946 e. The normalized spacial score (nSPS) is 13.1. The summed E-state index contributed by atoms with van der Waals surface area (Å²) in [6.45, 7) is 5.39. The predicted molar refractivity (Wildman–Crippen MR) is 59.2 cm³/mol. The van der Waals surface area contributed by atoms with E-state index in [0.29, 0.717) is 6.04 Å². The number of hydrogen-bond acceptors (Lipinski definition) is 2. The monoisotopic (exact) mass is 195 g/mol. The Morgan fingerprint density at radius 2 is 2.29 bits per heavy atom. The Morgan fingerprint density at radius 1 is 1.50 bits per heavy atom. The largest absolute Gasteiger partial charge is 0.336 e. The molecule has 1 heterocycles. The van der Waals surface area contributed by atoms with Crippen LogP contribution in [0.1, 0.15) is 44.8 Å². The summed E-state index contributed by atoms with van der Waals surface area (Å²) in [5, 5.41) is 3.50. The first-order valence-electron chi connectivity index (χ1n) is 5.49. The van der Waals surface area contributed by atoms with E-state index in [2.05, 4.69) is 35.8 Å². The number of rotatable bonds is 6. The van der Waals surface area contributed by atoms with Crippen molar-refractivity contribution < 1.29 is 0 Å². The molecule has 0 aliphatic rings. The third-order valence-corrected chi connectivity index (χ3v) is 2.51. The minimum absolute atomic E-state index is 0.465. The number of aromatic nitrogens is 2. The van der Waals surface area contributed by atoms with E-state index in [1.165, 1.54) is 25.0 Å². The summed E-state index contributed by atoms with van der Waals surface area (Å²) < 4.78 is 2.10. The van der Waals surface area contributed by atoms with E-state index < -0.39 is 0 Å². The van der Waals surface area contributed by atoms with Crippen molar-refractivity contribution in [2.45, 2.75) is 39.2 Å². The summed E-state index contributed by atoms with van der Waals surface area (Å²) in [7, 11) is 2.05. The van der Waals surface area contributed by atoms with E-state index in [4.69, 9.17) is 0 Å². The van der Waals surface area contributed by atoms with Gasteiger partial charge in [0.25, 0.3) is 0 Å². The molecule has 0 aromatic carbocycles. The number of nitrogens with one attached hydrogen (secondary N) is 1. The average Bonchev–Trinajstić information content (AvgIpc) is 2.59. The first-order valence-corrected chi connectivity index (χ1v) is 5.49. The third kappa shape index (κ3) is 2.84. The van der Waals surface area contributed by atoms with Gasteiger partial charge >= 0.3 is 0 Å². The van der Waals surface area contributed by atoms with E-state index in [1.807, 2.05) is 12.5 Å². The van der Waals surface area contributed by atoms with Crippen molar-refractivity contribution in [1.82, 2.24) is 14.9 Å². The molecule has 80 valence electrons. The molecular formula is C11H21N3. The summed E-state index contributed by atoms with van der Waals surface area (Å²) in [4.78, 5) is 4.16. The summed E-state index contributed by atoms with van der Waals surface area (Å²) >= 11 is 0. The molecule has 1 aromatic heterocycles. The molecule has 0 saturated carbocycles. The number of hydrogen-bond donors (Lipinski definition) is 1. The fourth-order valence-corrected chi connectivity index (χ4v) is 1.71. The lowest BCUT2D eigenvalue weighted by molar-refractivity contribution is 0.473. The Morgan fingerprint density at radius 3 is 2.79 bits per heavy atom. The maximum absolute atomic E-state index is 4.16. The van der Waals surface area contributed by atoms with Crippen LogP contribution in [0.25, 0.3) is 0 Å². The van der Waals surface area contributed by atoms with Gasteiger partial charge in [0.1, 0.15) is 0 Å². The highest BCUT2D eigenvalue weighted by molar-refractivity contribution is 5.04. The fourth-order valence-electron chi connectivity index (χ4n) is 1.71. The molecule has 1 rings (SSSR count). The van der Waals surface area contributed by atoms with Gasteiger partial charge in [-0.1, -0.05) is 26.7 Å². The van der Waals surface area contributed by atoms with Crippen LogP contribution in [-0.4, -0.2) is 16.1 Å². The van der Waals surface area contributed by atoms with Gasteiger partial charge < -0.3 is 9.88 Å². The van der Waals surface area contributed by atoms with Gasteiger partial charge in [-0.3, -0.25) is 0 Å². The van der Waals surface area contributed by atoms with E-state index in [-0.39, 0.29) is 0 Å². The van der Waals surface area contributed by atoms with Crippen LogP contribution in [0.2, 0.25) is 0 Å². The molecule has 0 radical (unpaired) electrons. The molecule has 1 N–H and O–H groups in total. The topological polar surface area (TPSA) is 29.9 Å². The van der Waals surface area contributed by atoms with Crippen LogP contribution in [0.5, 0.6) is 0 Å². The summed E-state index contributed by atoms with van der Waals surface area (Å²) in [5.41, 5.74) is 1.29. The Kier molecular flexibility index (Phi) is 4.66. The van der Waals surface area contributed by atoms with Gasteiger partial charge in [0.05, 0.1) is 12.0 Å². The second kappa shape index (κ2) is 5.81. The molecule has 0 fully saturated rings. The number of aryl methyl sites for hydroxylation is 1. The lowest BCUT2D eigenvalue weighted by atomic mass is 10.1. The first kappa shape index (κ1) is 11.2. The quantitative estimate of drug-likeness (QED) is 0.754. The highest BCUT2D eigenvalue weighted by Crippen LogP contribution is 2.17. The van der Waals surface area contributed by atoms with Gasteiger partial charge in [-0.2, -0.15) is 0 Å². The summed E-state index contributed by atoms with van der Waals surface area (Å²) in [6, 6.07) is 0.465. The van der Waals surface area contributed by atoms with Crippen LogP contribution in [0.3, 0.4) is 0 Å². The van der Waals surface area contributed by atoms with Crippen LogP contribution >= 0.6 is 0 Å². The van der Waals surface area contributed by atoms with Gasteiger partial charge in [0.2, 0.25) is 0 Å². The molecule has 1 atom stereocenters. The van der Waals surface area contributed by atoms with Gasteiger partial charge in [0.15, 0.2) is 0 Å². The molecule has 0 saturated heterocycles. The van der Waals surface area contributed by atoms with Crippen molar-refractivity contribution in [1.29, 1.82) is 0 Å². The Labute approximate surface area is 86.5 Å². The van der Waals surface area contributed by atoms with Crippen LogP contribution < -0.4 is 5.32 Å². The molecule has 1 unspecified atom stereocenters. The molecular weight excluding hydrogens is 174 g/mol. The smallest absolute Gasteiger partial charge is 0.0946 e. The van der Waals surface area contributed by atoms with Gasteiger partial charge in [-0.25, -0.2) is 4.98 Å². The molecule has 0 spiro atoms. The zero-order valence-corrected chi connectivity index (χ0v) is 9.45. The Hall–Kier alpha value is -0.830. The zero-order chi connectivity index (χ0) is 10.4. The van der Waals surface area contributed by atoms with Crippen LogP contribution in [0.4, 0.5) is 0 Å². The molecule has 0 aliphatic heterocycles. The maximum atomic E-state index is 4.16. The minimum atomic E-state index is 0.465. The van der Waals surface area contributed by atoms with E-state index >= 15 is 0 Å². The molecule has 14 heavy (non-hydrogen) atoms. The van der Waals surface area contributed by atoms with Crippen molar-refractivity contribution in [2.75, 3.05) is 6.54 Å². The standard InChI is InChI=1S/C11H21N3/c1-4-6-7-10(13-5-2)11-8-12-9-14(11)3/h8-10,13H,4-7H2,1-3H3. The number of imidazole rings is 1. The van der Waals surface area contributed by atoms with Crippen molar-refractivity contribution in [3.05, 3.63) is 18.2 Å². The number of unbranched alkanes of at least 4 members (excludes halogenated alkanes) is 1. The number of nitrogens with zero attached hydrogens (tertiary/aromatic N) is 2. The predicted octanol–water partition coefficient (Wildman–Crippen LogP) is 2.26. The average molecular weight is 195 g/mol. The van der Waals surface area contributed by atoms with Crippen molar-refractivity contribution >= 4 is 0 Å². The second-order valence-corrected chi connectivity index (χ2v) is 3.68. The minimum Gasteiger partial charge on any atom is -0.336 e. The lowest BCUT2D eigenvalue weighted by Gasteiger charge is -2.17. The van der Waals surface area contributed by atoms with E-state index in [0.717, 1.165) is 6.54 Å². The molecule has 3 heteroatoms. The molecule has 1 aromatic rings. The highest BCUT2D eigenvalue weighted by atomic mass is 15.1. The van der Waals surface area contributed by atoms with Gasteiger partial charge in [-0.05, 0) is 13.0 Å². The van der Waals surface area contributed by atoms with Crippen LogP contribution in [0, 0.1) is 0 Å². The molecule has 0 amide bonds. The first-order chi connectivity index (χ1) is 6.79. The third-order valence-electron chi connectivity index (χ3n) is 2.51. The van der Waals surface area contributed by atoms with Crippen molar-refractivity contribution in [3.63, 3.8) is 0 Å². The Balaban J connectivity index is 2.62. The summed E-state index contributed by atoms with van der Waals surface area (Å²) in [6.07, 6.45) is 7.54. The van der Waals surface area contributed by atoms with Crippen LogP contribution in [-0.2, 0) is 7.05 Å². The molecule has 0 aliphatic carbocycles. The lowest BCUT2D eigenvalue weighted by Crippen LogP contribution is -2.22. The Bertz CT molecular complexity index is 255. The van der Waals surface area contributed by atoms with E-state index in [9.17, 15) is 0 Å². The van der Waals surface area contributed by atoms with Crippen LogP contribution in [0.15, 0.2) is 12.5 Å². The van der Waals surface area contributed by atoms with Crippen molar-refractivity contribution in [3.8, 4) is 0 Å². The van der Waals surface area contributed by atoms with E-state index in [1.54, 1.807) is 0 Å². The zero-order valence-electron chi connectivity index (χ0n) is 9.45. The highest BCUT2D eigenvalue weighted by Gasteiger charge is 2.12. The fraction of sp³-hybridized carbons (Fsp3) is 0.727. The van der Waals surface area contributed by atoms with Gasteiger partial charge in [0, 0.05) is 19.3 Å².